The maximum Gasteiger partial charge on any atom is 0.201 e. The Hall–Kier alpha value is -2.96. The molecular weight excluding hydrogens is 423 g/mol. The zero-order valence-corrected chi connectivity index (χ0v) is 19.5. The molecule has 0 amide bonds. The summed E-state index contributed by atoms with van der Waals surface area (Å²) in [5.74, 6) is 1.35. The predicted octanol–water partition coefficient (Wildman–Crippen LogP) is 7.16. The minimum Gasteiger partial charge on any atom is -0.452 e. The summed E-state index contributed by atoms with van der Waals surface area (Å²) in [6.45, 7) is 5.32. The summed E-state index contributed by atoms with van der Waals surface area (Å²) >= 11 is 1.69. The van der Waals surface area contributed by atoms with Crippen molar-refractivity contribution in [3.63, 3.8) is 0 Å². The molecule has 0 saturated heterocycles. The lowest BCUT2D eigenvalue weighted by molar-refractivity contribution is 0.226. The van der Waals surface area contributed by atoms with Crippen LogP contribution in [0.3, 0.4) is 0 Å². The molecule has 4 aromatic rings. The van der Waals surface area contributed by atoms with E-state index in [2.05, 4.69) is 54.2 Å². The van der Waals surface area contributed by atoms with Crippen molar-refractivity contribution in [3.05, 3.63) is 72.5 Å². The van der Waals surface area contributed by atoms with E-state index in [0.29, 0.717) is 23.0 Å². The smallest absolute Gasteiger partial charge is 0.201 e. The van der Waals surface area contributed by atoms with Crippen molar-refractivity contribution in [1.82, 2.24) is 5.48 Å². The van der Waals surface area contributed by atoms with Crippen LogP contribution in [0.4, 0.5) is 10.1 Å². The lowest BCUT2D eigenvalue weighted by Crippen LogP contribution is -2.20. The van der Waals surface area contributed by atoms with Gasteiger partial charge in [-0.2, -0.15) is 5.48 Å². The van der Waals surface area contributed by atoms with Crippen LogP contribution in [-0.2, 0) is 0 Å². The average molecular weight is 451 g/mol. The van der Waals surface area contributed by atoms with Gasteiger partial charge in [-0.05, 0) is 41.8 Å². The molecule has 0 unspecified atom stereocenters. The number of anilines is 1. The molecule has 4 nitrogen and oxygen atoms in total. The van der Waals surface area contributed by atoms with Crippen molar-refractivity contribution >= 4 is 28.6 Å². The van der Waals surface area contributed by atoms with Gasteiger partial charge in [0.15, 0.2) is 5.76 Å². The van der Waals surface area contributed by atoms with E-state index in [1.165, 1.54) is 12.1 Å². The van der Waals surface area contributed by atoms with Crippen molar-refractivity contribution in [2.24, 2.45) is 5.92 Å². The number of halogens is 1. The number of benzene rings is 3. The second-order valence-corrected chi connectivity index (χ2v) is 8.75. The highest BCUT2D eigenvalue weighted by Crippen LogP contribution is 2.45. The second kappa shape index (κ2) is 9.67. The van der Waals surface area contributed by atoms with E-state index in [1.807, 2.05) is 18.2 Å². The van der Waals surface area contributed by atoms with Crippen LogP contribution in [0.25, 0.3) is 33.4 Å². The molecule has 1 aromatic heterocycles. The van der Waals surface area contributed by atoms with Crippen LogP contribution in [0.1, 0.15) is 13.8 Å². The molecule has 3 aromatic carbocycles. The van der Waals surface area contributed by atoms with E-state index in [4.69, 9.17) is 9.25 Å². The topological polar surface area (TPSA) is 37.6 Å². The summed E-state index contributed by atoms with van der Waals surface area (Å²) in [5, 5.41) is 0.854. The Labute approximate surface area is 192 Å². The Morgan fingerprint density at radius 3 is 2.38 bits per heavy atom. The number of nitrogens with one attached hydrogen (secondary N) is 1. The van der Waals surface area contributed by atoms with Crippen LogP contribution in [0.15, 0.2) is 71.1 Å². The normalized spacial score (nSPS) is 11.3. The number of rotatable bonds is 8. The highest BCUT2D eigenvalue weighted by molar-refractivity contribution is 8.00. The van der Waals surface area contributed by atoms with Crippen molar-refractivity contribution in [2.45, 2.75) is 13.8 Å². The highest BCUT2D eigenvalue weighted by atomic mass is 32.2. The molecule has 1 heterocycles. The molecule has 0 spiro atoms. The van der Waals surface area contributed by atoms with Crippen molar-refractivity contribution in [1.29, 1.82) is 0 Å². The maximum atomic E-state index is 13.5. The third kappa shape index (κ3) is 4.47. The van der Waals surface area contributed by atoms with Crippen LogP contribution in [-0.4, -0.2) is 19.8 Å². The van der Waals surface area contributed by atoms with Crippen LogP contribution in [0, 0.1) is 11.7 Å². The molecule has 1 N–H and O–H groups in total. The van der Waals surface area contributed by atoms with Crippen LogP contribution in [0.2, 0.25) is 0 Å². The largest absolute Gasteiger partial charge is 0.452 e. The molecule has 32 heavy (non-hydrogen) atoms. The zero-order chi connectivity index (χ0) is 22.7. The van der Waals surface area contributed by atoms with Crippen LogP contribution in [0.5, 0.6) is 5.75 Å². The van der Waals surface area contributed by atoms with Gasteiger partial charge in [0, 0.05) is 37.0 Å². The van der Waals surface area contributed by atoms with E-state index in [1.54, 1.807) is 31.1 Å². The Kier molecular flexibility index (Phi) is 6.72. The summed E-state index contributed by atoms with van der Waals surface area (Å²) in [6.07, 6.45) is 2.09. The first-order valence-corrected chi connectivity index (χ1v) is 11.8. The molecule has 4 rings (SSSR count). The fourth-order valence-electron chi connectivity index (χ4n) is 3.76. The van der Waals surface area contributed by atoms with Gasteiger partial charge < -0.3 is 13.6 Å². The van der Waals surface area contributed by atoms with Gasteiger partial charge in [0.1, 0.15) is 11.4 Å². The van der Waals surface area contributed by atoms with Gasteiger partial charge in [0.2, 0.25) is 5.75 Å². The van der Waals surface area contributed by atoms with E-state index in [9.17, 15) is 4.39 Å². The van der Waals surface area contributed by atoms with E-state index in [-0.39, 0.29) is 5.82 Å². The van der Waals surface area contributed by atoms with Crippen LogP contribution < -0.4 is 14.6 Å². The summed E-state index contributed by atoms with van der Waals surface area (Å²) in [5.41, 5.74) is 7.53. The molecule has 0 fully saturated rings. The summed E-state index contributed by atoms with van der Waals surface area (Å²) in [7, 11) is 1.71. The lowest BCUT2D eigenvalue weighted by atomic mass is 10.0. The monoisotopic (exact) mass is 450 g/mol. The molecular formula is C26H27FN2O2S. The van der Waals surface area contributed by atoms with Gasteiger partial charge in [-0.3, -0.25) is 0 Å². The van der Waals surface area contributed by atoms with E-state index < -0.39 is 0 Å². The second-order valence-electron chi connectivity index (χ2n) is 7.94. The Bertz CT molecular complexity index is 1190. The molecule has 0 saturated carbocycles. The zero-order valence-electron chi connectivity index (χ0n) is 18.7. The summed E-state index contributed by atoms with van der Waals surface area (Å²) in [6, 6.07) is 20.7. The van der Waals surface area contributed by atoms with Crippen molar-refractivity contribution < 1.29 is 13.6 Å². The Morgan fingerprint density at radius 2 is 1.75 bits per heavy atom. The van der Waals surface area contributed by atoms with Crippen molar-refractivity contribution in [3.8, 4) is 28.2 Å². The predicted molar refractivity (Wildman–Crippen MR) is 132 cm³/mol. The first-order valence-electron chi connectivity index (χ1n) is 10.6. The Morgan fingerprint density at radius 1 is 1.03 bits per heavy atom. The quantitative estimate of drug-likeness (QED) is 0.228. The number of hydrogen-bond donors (Lipinski definition) is 1. The molecule has 0 aliphatic rings. The molecule has 6 heteroatoms. The minimum absolute atomic E-state index is 0.293. The molecule has 0 bridgehead atoms. The number of hydrogen-bond acceptors (Lipinski definition) is 5. The van der Waals surface area contributed by atoms with Gasteiger partial charge in [-0.15, -0.1) is 0 Å². The highest BCUT2D eigenvalue weighted by Gasteiger charge is 2.23. The molecule has 0 atom stereocenters. The van der Waals surface area contributed by atoms with Gasteiger partial charge in [0.05, 0.1) is 11.1 Å². The van der Waals surface area contributed by atoms with Gasteiger partial charge in [-0.25, -0.2) is 4.39 Å². The average Bonchev–Trinajstić information content (AvgIpc) is 3.15. The Balaban J connectivity index is 1.97. The first kappa shape index (κ1) is 22.2. The van der Waals surface area contributed by atoms with Crippen LogP contribution >= 0.6 is 11.9 Å². The fraction of sp³-hybridized carbons (Fsp3) is 0.231. The third-order valence-corrected chi connectivity index (χ3v) is 5.96. The minimum atomic E-state index is -0.293. The molecule has 0 aliphatic carbocycles. The number of fused-ring (bicyclic) bond motifs is 1. The van der Waals surface area contributed by atoms with E-state index >= 15 is 0 Å². The maximum absolute atomic E-state index is 13.5. The number of hydroxylamine groups is 1. The van der Waals surface area contributed by atoms with Gasteiger partial charge >= 0.3 is 0 Å². The number of nitrogens with zero attached hydrogens (tertiary/aromatic N) is 1. The molecule has 0 aliphatic heterocycles. The fourth-order valence-corrected chi connectivity index (χ4v) is 4.56. The molecule has 0 radical (unpaired) electrons. The van der Waals surface area contributed by atoms with Gasteiger partial charge in [-0.1, -0.05) is 56.1 Å². The lowest BCUT2D eigenvalue weighted by Gasteiger charge is -2.26. The first-order chi connectivity index (χ1) is 15.5. The SMILES string of the molecule is CNOc1c(-c2ccc(F)cc2)oc2cc(N(CC(C)C)SC)c(-c3ccccc3)cc12. The van der Waals surface area contributed by atoms with Gasteiger partial charge in [0.25, 0.3) is 0 Å². The van der Waals surface area contributed by atoms with Crippen molar-refractivity contribution in [2.75, 3.05) is 24.2 Å². The third-order valence-electron chi connectivity index (χ3n) is 5.18. The van der Waals surface area contributed by atoms with E-state index in [0.717, 1.165) is 34.3 Å². The number of furan rings is 1. The molecule has 166 valence electrons. The summed E-state index contributed by atoms with van der Waals surface area (Å²) in [4.78, 5) is 5.80. The summed E-state index contributed by atoms with van der Waals surface area (Å²) < 4.78 is 22.1. The standard InChI is InChI=1S/C26H27FN2O2S/c1-17(2)16-29(32-4)23-15-24-22(14-21(23)18-8-6-5-7-9-18)26(31-28-3)25(30-24)19-10-12-20(27)13-11-19/h5-15,17,28H,16H2,1-4H3.